The molecular formula is C27H28N6O6. The predicted molar refractivity (Wildman–Crippen MR) is 140 cm³/mol. The molecule has 1 N–H and O–H groups in total. The average molecular weight is 533 g/mol. The van der Waals surface area contributed by atoms with Crippen LogP contribution in [0.15, 0.2) is 58.3 Å². The topological polar surface area (TPSA) is 134 Å². The van der Waals surface area contributed by atoms with Crippen LogP contribution in [0.5, 0.6) is 11.5 Å². The predicted octanol–water partition coefficient (Wildman–Crippen LogP) is 2.61. The van der Waals surface area contributed by atoms with Gasteiger partial charge in [-0.25, -0.2) is 9.78 Å². The van der Waals surface area contributed by atoms with Gasteiger partial charge in [-0.05, 0) is 25.0 Å². The zero-order valence-electron chi connectivity index (χ0n) is 21.2. The van der Waals surface area contributed by atoms with Gasteiger partial charge in [-0.3, -0.25) is 14.8 Å². The number of nitrogens with zero attached hydrogens (tertiary/aromatic N) is 5. The molecule has 1 fully saturated rings. The van der Waals surface area contributed by atoms with E-state index in [1.807, 2.05) is 6.07 Å². The second kappa shape index (κ2) is 11.1. The van der Waals surface area contributed by atoms with Gasteiger partial charge in [0.1, 0.15) is 26.1 Å². The number of fused-ring (bicyclic) bond motifs is 2. The largest absolute Gasteiger partial charge is 0.486 e. The van der Waals surface area contributed by atoms with E-state index >= 15 is 0 Å². The van der Waals surface area contributed by atoms with Gasteiger partial charge in [0.15, 0.2) is 11.5 Å². The third-order valence-electron chi connectivity index (χ3n) is 6.90. The van der Waals surface area contributed by atoms with Gasteiger partial charge in [-0.1, -0.05) is 0 Å². The fourth-order valence-electron chi connectivity index (χ4n) is 4.84. The number of oxazole rings is 1. The molecule has 0 spiro atoms. The number of amides is 1. The molecular weight excluding hydrogens is 504 g/mol. The van der Waals surface area contributed by atoms with Crippen molar-refractivity contribution in [2.45, 2.75) is 32.0 Å². The Balaban J connectivity index is 0.996. The van der Waals surface area contributed by atoms with Crippen LogP contribution in [0.3, 0.4) is 0 Å². The van der Waals surface area contributed by atoms with Crippen molar-refractivity contribution in [2.75, 3.05) is 32.8 Å². The van der Waals surface area contributed by atoms with E-state index in [4.69, 9.17) is 18.6 Å². The van der Waals surface area contributed by atoms with Crippen LogP contribution < -0.4 is 20.3 Å². The van der Waals surface area contributed by atoms with Gasteiger partial charge in [-0.2, -0.15) is 0 Å². The third-order valence-corrected chi connectivity index (χ3v) is 6.90. The first-order chi connectivity index (χ1) is 19.1. The van der Waals surface area contributed by atoms with Gasteiger partial charge in [-0.15, -0.1) is 0 Å². The highest BCUT2D eigenvalue weighted by Gasteiger charge is 2.22. The number of pyridine rings is 3. The zero-order chi connectivity index (χ0) is 26.6. The zero-order valence-corrected chi connectivity index (χ0v) is 21.2. The number of nitrogens with one attached hydrogen (secondary N) is 1. The number of aromatic nitrogens is 4. The molecule has 12 nitrogen and oxygen atoms in total. The minimum Gasteiger partial charge on any atom is -0.486 e. The number of carbonyl (C=O) groups is 1. The Morgan fingerprint density at radius 2 is 1.87 bits per heavy atom. The standard InChI is InChI=1S/C27H28N6O6/c34-25-2-1-21-22(13-18(15-30-21)26-28-5-10-38-26)33(25)9-8-32-6-3-19(4-7-32)31-27(35)39-17-20-14-23-24(16-29-20)37-12-11-36-23/h1-2,5,10,13-16,19H,3-4,6-9,11-12,17H2,(H,31,35). The molecule has 0 bridgehead atoms. The van der Waals surface area contributed by atoms with Crippen LogP contribution in [0.25, 0.3) is 22.5 Å². The van der Waals surface area contributed by atoms with Gasteiger partial charge in [0.2, 0.25) is 5.89 Å². The monoisotopic (exact) mass is 532 g/mol. The summed E-state index contributed by atoms with van der Waals surface area (Å²) in [7, 11) is 0. The molecule has 2 aliphatic heterocycles. The lowest BCUT2D eigenvalue weighted by atomic mass is 10.1. The maximum Gasteiger partial charge on any atom is 0.407 e. The molecule has 0 unspecified atom stereocenters. The van der Waals surface area contributed by atoms with Crippen molar-refractivity contribution in [1.29, 1.82) is 0 Å². The number of hydrogen-bond donors (Lipinski definition) is 1. The third kappa shape index (κ3) is 5.70. The highest BCUT2D eigenvalue weighted by atomic mass is 16.6. The van der Waals surface area contributed by atoms with Gasteiger partial charge in [0, 0.05) is 50.6 Å². The maximum atomic E-state index is 12.7. The summed E-state index contributed by atoms with van der Waals surface area (Å²) in [5.41, 5.74) is 2.70. The summed E-state index contributed by atoms with van der Waals surface area (Å²) in [6.45, 7) is 3.85. The van der Waals surface area contributed by atoms with E-state index in [1.165, 1.54) is 6.26 Å². The van der Waals surface area contributed by atoms with Crippen molar-refractivity contribution in [3.63, 3.8) is 0 Å². The molecule has 12 heteroatoms. The van der Waals surface area contributed by atoms with Crippen LogP contribution in [0.2, 0.25) is 0 Å². The number of alkyl carbamates (subject to hydrolysis) is 1. The minimum atomic E-state index is -0.471. The molecule has 1 amide bonds. The summed E-state index contributed by atoms with van der Waals surface area (Å²) < 4.78 is 23.5. The normalized spacial score (nSPS) is 15.8. The summed E-state index contributed by atoms with van der Waals surface area (Å²) in [5, 5.41) is 2.95. The van der Waals surface area contributed by atoms with E-state index in [0.29, 0.717) is 49.4 Å². The summed E-state index contributed by atoms with van der Waals surface area (Å²) in [4.78, 5) is 40.3. The van der Waals surface area contributed by atoms with Crippen LogP contribution >= 0.6 is 0 Å². The van der Waals surface area contributed by atoms with Crippen LogP contribution in [-0.4, -0.2) is 69.4 Å². The van der Waals surface area contributed by atoms with E-state index in [0.717, 1.165) is 42.5 Å². The number of rotatable bonds is 7. The molecule has 2 aliphatic rings. The van der Waals surface area contributed by atoms with Gasteiger partial charge < -0.3 is 33.4 Å². The van der Waals surface area contributed by atoms with E-state index in [1.54, 1.807) is 41.4 Å². The first-order valence-corrected chi connectivity index (χ1v) is 12.9. The fraction of sp³-hybridized carbons (Fsp3) is 0.370. The number of carbonyl (C=O) groups excluding carboxylic acids is 1. The fourth-order valence-corrected chi connectivity index (χ4v) is 4.84. The van der Waals surface area contributed by atoms with Crippen molar-refractivity contribution in [3.8, 4) is 23.0 Å². The molecule has 0 atom stereocenters. The number of hydrogen-bond acceptors (Lipinski definition) is 10. The Hall–Kier alpha value is -4.45. The smallest absolute Gasteiger partial charge is 0.407 e. The van der Waals surface area contributed by atoms with Crippen molar-refractivity contribution < 1.29 is 23.4 Å². The second-order valence-electron chi connectivity index (χ2n) is 9.44. The van der Waals surface area contributed by atoms with Gasteiger partial charge in [0.25, 0.3) is 5.56 Å². The Morgan fingerprint density at radius 1 is 1.03 bits per heavy atom. The lowest BCUT2D eigenvalue weighted by Crippen LogP contribution is -2.45. The molecule has 6 heterocycles. The summed E-state index contributed by atoms with van der Waals surface area (Å²) >= 11 is 0. The number of piperidine rings is 1. The van der Waals surface area contributed by atoms with Crippen molar-refractivity contribution in [3.05, 3.63) is 65.2 Å². The molecule has 4 aromatic rings. The molecule has 202 valence electrons. The highest BCUT2D eigenvalue weighted by Crippen LogP contribution is 2.29. The molecule has 0 radical (unpaired) electrons. The van der Waals surface area contributed by atoms with Crippen LogP contribution in [0.4, 0.5) is 4.79 Å². The van der Waals surface area contributed by atoms with Crippen LogP contribution in [0, 0.1) is 0 Å². The Kier molecular flexibility index (Phi) is 7.09. The van der Waals surface area contributed by atoms with E-state index < -0.39 is 6.09 Å². The number of likely N-dealkylation sites (tertiary alicyclic amines) is 1. The lowest BCUT2D eigenvalue weighted by molar-refractivity contribution is 0.124. The van der Waals surface area contributed by atoms with Crippen LogP contribution in [0.1, 0.15) is 18.5 Å². The van der Waals surface area contributed by atoms with Gasteiger partial charge in [0.05, 0.1) is 34.7 Å². The summed E-state index contributed by atoms with van der Waals surface area (Å²) in [6, 6.07) is 6.91. The molecule has 0 saturated carbocycles. The average Bonchev–Trinajstić information content (AvgIpc) is 3.51. The van der Waals surface area contributed by atoms with Gasteiger partial charge >= 0.3 is 6.09 Å². The minimum absolute atomic E-state index is 0.0230. The lowest BCUT2D eigenvalue weighted by Gasteiger charge is -2.32. The van der Waals surface area contributed by atoms with Crippen LogP contribution in [-0.2, 0) is 17.9 Å². The Bertz CT molecular complexity index is 1510. The summed E-state index contributed by atoms with van der Waals surface area (Å²) in [5.74, 6) is 1.67. The highest BCUT2D eigenvalue weighted by molar-refractivity contribution is 5.78. The van der Waals surface area contributed by atoms with Crippen molar-refractivity contribution in [1.82, 2.24) is 29.7 Å². The SMILES string of the molecule is O=C(NC1CCN(CCn2c(=O)ccc3ncc(-c4ncco4)cc32)CC1)OCc1cc2c(cn1)OCCO2. The molecule has 4 aromatic heterocycles. The van der Waals surface area contributed by atoms with E-state index in [2.05, 4.69) is 25.2 Å². The number of ether oxygens (including phenoxy) is 3. The van der Waals surface area contributed by atoms with E-state index in [9.17, 15) is 9.59 Å². The van der Waals surface area contributed by atoms with Crippen molar-refractivity contribution >= 4 is 17.1 Å². The first-order valence-electron chi connectivity index (χ1n) is 12.9. The molecule has 1 saturated heterocycles. The first kappa shape index (κ1) is 24.9. The Labute approximate surface area is 223 Å². The quantitative estimate of drug-likeness (QED) is 0.379. The molecule has 0 aromatic carbocycles. The Morgan fingerprint density at radius 3 is 2.69 bits per heavy atom. The molecule has 0 aliphatic carbocycles. The molecule has 39 heavy (non-hydrogen) atoms. The maximum absolute atomic E-state index is 12.7. The van der Waals surface area contributed by atoms with E-state index in [-0.39, 0.29) is 18.2 Å². The second-order valence-corrected chi connectivity index (χ2v) is 9.44. The summed E-state index contributed by atoms with van der Waals surface area (Å²) in [6.07, 6.45) is 7.47. The van der Waals surface area contributed by atoms with Crippen molar-refractivity contribution in [2.24, 2.45) is 0 Å². The molecule has 6 rings (SSSR count).